The molecule has 0 aliphatic heterocycles. The van der Waals surface area contributed by atoms with Crippen LogP contribution in [-0.4, -0.2) is 17.9 Å². The smallest absolute Gasteiger partial charge is 0.349 e. The monoisotopic (exact) mass is 365 g/mol. The minimum atomic E-state index is -0.741. The Balaban J connectivity index is 1.86. The highest BCUT2D eigenvalue weighted by Crippen LogP contribution is 2.21. The summed E-state index contributed by atoms with van der Waals surface area (Å²) in [6.07, 6.45) is 0.751. The summed E-state index contributed by atoms with van der Waals surface area (Å²) in [7, 11) is 0. The number of carbonyl (C=O) groups excluding carboxylic acids is 2. The summed E-state index contributed by atoms with van der Waals surface area (Å²) in [5.74, 6) is -0.738. The predicted octanol–water partition coefficient (Wildman–Crippen LogP) is 3.54. The molecule has 1 N–H and O–H groups in total. The average Bonchev–Trinajstić information content (AvgIpc) is 2.67. The van der Waals surface area contributed by atoms with E-state index in [1.807, 2.05) is 13.8 Å². The van der Waals surface area contributed by atoms with Crippen LogP contribution in [0.1, 0.15) is 41.0 Å². The number of amides is 1. The molecule has 138 valence electrons. The highest BCUT2D eigenvalue weighted by atomic mass is 16.5. The molecule has 1 atom stereocenters. The van der Waals surface area contributed by atoms with Gasteiger partial charge in [-0.1, -0.05) is 25.1 Å². The third-order valence-electron chi connectivity index (χ3n) is 4.16. The van der Waals surface area contributed by atoms with Crippen LogP contribution in [0.3, 0.4) is 0 Å². The maximum atomic E-state index is 12.2. The van der Waals surface area contributed by atoms with Gasteiger partial charge in [-0.15, -0.1) is 0 Å². The number of benzene rings is 2. The molecule has 0 aliphatic rings. The molecule has 0 radical (unpaired) electrons. The van der Waals surface area contributed by atoms with Crippen LogP contribution in [0.25, 0.3) is 11.0 Å². The van der Waals surface area contributed by atoms with Crippen LogP contribution >= 0.6 is 0 Å². The lowest BCUT2D eigenvalue weighted by atomic mass is 10.1. The highest BCUT2D eigenvalue weighted by molar-refractivity contribution is 5.97. The van der Waals surface area contributed by atoms with Crippen molar-refractivity contribution >= 4 is 22.8 Å². The Morgan fingerprint density at radius 1 is 1.11 bits per heavy atom. The van der Waals surface area contributed by atoms with E-state index in [2.05, 4.69) is 5.32 Å². The fourth-order valence-corrected chi connectivity index (χ4v) is 2.46. The number of rotatable bonds is 5. The second-order valence-electron chi connectivity index (χ2n) is 6.19. The first-order valence-electron chi connectivity index (χ1n) is 8.64. The van der Waals surface area contributed by atoms with Gasteiger partial charge in [-0.05, 0) is 43.7 Å². The highest BCUT2D eigenvalue weighted by Gasteiger charge is 2.16. The van der Waals surface area contributed by atoms with Crippen LogP contribution in [0.2, 0.25) is 0 Å². The molecule has 2 aromatic carbocycles. The number of ether oxygens (including phenoxy) is 1. The molecular weight excluding hydrogens is 346 g/mol. The van der Waals surface area contributed by atoms with Crippen molar-refractivity contribution in [2.24, 2.45) is 0 Å². The van der Waals surface area contributed by atoms with Crippen molar-refractivity contribution in [1.82, 2.24) is 5.32 Å². The maximum Gasteiger partial charge on any atom is 0.349 e. The van der Waals surface area contributed by atoms with Crippen LogP contribution in [0.4, 0.5) is 0 Å². The van der Waals surface area contributed by atoms with Gasteiger partial charge in [0.2, 0.25) is 0 Å². The fraction of sp³-hybridized carbons (Fsp3) is 0.190. The van der Waals surface area contributed by atoms with Gasteiger partial charge in [-0.3, -0.25) is 4.79 Å². The van der Waals surface area contributed by atoms with Gasteiger partial charge in [0, 0.05) is 17.5 Å². The van der Waals surface area contributed by atoms with E-state index in [0.717, 1.165) is 6.42 Å². The van der Waals surface area contributed by atoms with Gasteiger partial charge in [0.25, 0.3) is 5.91 Å². The lowest BCUT2D eigenvalue weighted by molar-refractivity contribution is 0.0734. The summed E-state index contributed by atoms with van der Waals surface area (Å²) in [5, 5.41) is 3.30. The molecule has 0 fully saturated rings. The Morgan fingerprint density at radius 3 is 2.56 bits per heavy atom. The predicted molar refractivity (Wildman–Crippen MR) is 101 cm³/mol. The first kappa shape index (κ1) is 18.4. The van der Waals surface area contributed by atoms with Crippen molar-refractivity contribution in [3.05, 3.63) is 76.1 Å². The van der Waals surface area contributed by atoms with E-state index >= 15 is 0 Å². The first-order valence-corrected chi connectivity index (χ1v) is 8.64. The van der Waals surface area contributed by atoms with E-state index in [4.69, 9.17) is 9.15 Å². The van der Waals surface area contributed by atoms with Gasteiger partial charge in [0.15, 0.2) is 0 Å². The molecule has 1 heterocycles. The molecular formula is C21H19NO5. The molecule has 3 rings (SSSR count). The number of hydrogen-bond donors (Lipinski definition) is 1. The normalized spacial score (nSPS) is 11.8. The van der Waals surface area contributed by atoms with Crippen LogP contribution in [0.15, 0.2) is 63.8 Å². The quantitative estimate of drug-likeness (QED) is 0.425. The number of hydrogen-bond acceptors (Lipinski definition) is 5. The van der Waals surface area contributed by atoms with E-state index < -0.39 is 17.5 Å². The lowest BCUT2D eigenvalue weighted by Crippen LogP contribution is -2.34. The van der Waals surface area contributed by atoms with Gasteiger partial charge >= 0.3 is 11.6 Å². The summed E-state index contributed by atoms with van der Waals surface area (Å²) >= 11 is 0. The van der Waals surface area contributed by atoms with Crippen molar-refractivity contribution < 1.29 is 18.7 Å². The summed E-state index contributed by atoms with van der Waals surface area (Å²) < 4.78 is 10.6. The molecule has 0 spiro atoms. The summed E-state index contributed by atoms with van der Waals surface area (Å²) in [4.78, 5) is 36.5. The third-order valence-corrected chi connectivity index (χ3v) is 4.16. The second kappa shape index (κ2) is 7.86. The zero-order valence-corrected chi connectivity index (χ0v) is 15.0. The molecule has 6 heteroatoms. The molecule has 1 amide bonds. The van der Waals surface area contributed by atoms with E-state index in [1.54, 1.807) is 42.5 Å². The number of carbonyl (C=O) groups is 2. The third kappa shape index (κ3) is 4.23. The fourth-order valence-electron chi connectivity index (χ4n) is 2.46. The lowest BCUT2D eigenvalue weighted by Gasteiger charge is -2.11. The Kier molecular flexibility index (Phi) is 5.35. The molecule has 6 nitrogen and oxygen atoms in total. The Morgan fingerprint density at radius 2 is 1.85 bits per heavy atom. The van der Waals surface area contributed by atoms with E-state index in [0.29, 0.717) is 10.9 Å². The van der Waals surface area contributed by atoms with Crippen molar-refractivity contribution in [2.75, 3.05) is 0 Å². The number of nitrogens with one attached hydrogen (secondary N) is 1. The Hall–Kier alpha value is -3.41. The molecule has 0 aliphatic carbocycles. The van der Waals surface area contributed by atoms with Crippen molar-refractivity contribution in [3.8, 4) is 5.75 Å². The van der Waals surface area contributed by atoms with Crippen LogP contribution < -0.4 is 15.7 Å². The molecule has 1 unspecified atom stereocenters. The summed E-state index contributed by atoms with van der Waals surface area (Å²) in [6.45, 7) is 3.79. The van der Waals surface area contributed by atoms with Gasteiger partial charge in [0.05, 0.1) is 5.56 Å². The zero-order valence-electron chi connectivity index (χ0n) is 15.0. The molecule has 1 aromatic heterocycles. The largest absolute Gasteiger partial charge is 0.423 e. The standard InChI is InChI=1S/C21H19NO5/c1-3-13(2)22-19(23)17-11-15-9-10-16(12-18(15)27-21(17)25)26-20(24)14-7-5-4-6-8-14/h4-13H,3H2,1-2H3,(H,22,23). The van der Waals surface area contributed by atoms with E-state index in [1.165, 1.54) is 12.1 Å². The summed E-state index contributed by atoms with van der Waals surface area (Å²) in [6, 6.07) is 14.7. The number of esters is 1. The molecule has 3 aromatic rings. The topological polar surface area (TPSA) is 85.6 Å². The van der Waals surface area contributed by atoms with Crippen molar-refractivity contribution in [1.29, 1.82) is 0 Å². The van der Waals surface area contributed by atoms with Crippen LogP contribution in [0, 0.1) is 0 Å². The average molecular weight is 365 g/mol. The van der Waals surface area contributed by atoms with Crippen molar-refractivity contribution in [3.63, 3.8) is 0 Å². The molecule has 27 heavy (non-hydrogen) atoms. The van der Waals surface area contributed by atoms with E-state index in [9.17, 15) is 14.4 Å². The van der Waals surface area contributed by atoms with Gasteiger partial charge in [0.1, 0.15) is 16.9 Å². The molecule has 0 saturated carbocycles. The SMILES string of the molecule is CCC(C)NC(=O)c1cc2ccc(OC(=O)c3ccccc3)cc2oc1=O. The van der Waals surface area contributed by atoms with Gasteiger partial charge in [-0.2, -0.15) is 0 Å². The summed E-state index contributed by atoms with van der Waals surface area (Å²) in [5.41, 5.74) is -0.152. The molecule has 0 saturated heterocycles. The van der Waals surface area contributed by atoms with Crippen molar-refractivity contribution in [2.45, 2.75) is 26.3 Å². The first-order chi connectivity index (χ1) is 13.0. The van der Waals surface area contributed by atoms with Gasteiger partial charge < -0.3 is 14.5 Å². The van der Waals surface area contributed by atoms with Crippen LogP contribution in [-0.2, 0) is 0 Å². The Labute approximate surface area is 155 Å². The maximum absolute atomic E-state index is 12.2. The van der Waals surface area contributed by atoms with Gasteiger partial charge in [-0.25, -0.2) is 9.59 Å². The van der Waals surface area contributed by atoms with Crippen LogP contribution in [0.5, 0.6) is 5.75 Å². The minimum absolute atomic E-state index is 0.0487. The van der Waals surface area contributed by atoms with E-state index in [-0.39, 0.29) is 22.9 Å². The Bertz CT molecular complexity index is 1040. The zero-order chi connectivity index (χ0) is 19.4. The number of fused-ring (bicyclic) bond motifs is 1. The molecule has 0 bridgehead atoms. The minimum Gasteiger partial charge on any atom is -0.423 e. The second-order valence-corrected chi connectivity index (χ2v) is 6.19.